The summed E-state index contributed by atoms with van der Waals surface area (Å²) >= 11 is 1.32. The molecular formula is C28H33N3O5S. The molecule has 196 valence electrons. The zero-order valence-electron chi connectivity index (χ0n) is 21.9. The number of para-hydroxylation sites is 1. The van der Waals surface area contributed by atoms with Crippen molar-refractivity contribution in [3.8, 4) is 17.2 Å². The highest BCUT2D eigenvalue weighted by molar-refractivity contribution is 7.07. The first-order valence-corrected chi connectivity index (χ1v) is 13.2. The fourth-order valence-electron chi connectivity index (χ4n) is 4.57. The average Bonchev–Trinajstić information content (AvgIpc) is 3.40. The lowest BCUT2D eigenvalue weighted by Crippen LogP contribution is -2.34. The predicted molar refractivity (Wildman–Crippen MR) is 147 cm³/mol. The fraction of sp³-hybridized carbons (Fsp3) is 0.357. The number of nitrogens with zero attached hydrogens (tertiary/aromatic N) is 2. The van der Waals surface area contributed by atoms with Gasteiger partial charge in [-0.15, -0.1) is 11.3 Å². The molecule has 0 atom stereocenters. The quantitative estimate of drug-likeness (QED) is 0.440. The van der Waals surface area contributed by atoms with Crippen molar-refractivity contribution in [3.05, 3.63) is 67.1 Å². The fourth-order valence-corrected chi connectivity index (χ4v) is 5.76. The van der Waals surface area contributed by atoms with Crippen molar-refractivity contribution in [3.63, 3.8) is 0 Å². The van der Waals surface area contributed by atoms with Gasteiger partial charge in [0.15, 0.2) is 11.5 Å². The summed E-state index contributed by atoms with van der Waals surface area (Å²) in [6, 6.07) is 11.2. The third-order valence-electron chi connectivity index (χ3n) is 6.53. The number of fused-ring (bicyclic) bond motifs is 1. The highest BCUT2D eigenvalue weighted by atomic mass is 32.1. The maximum Gasteiger partial charge on any atom is 0.269 e. The molecule has 9 heteroatoms. The van der Waals surface area contributed by atoms with E-state index in [1.165, 1.54) is 11.3 Å². The molecular weight excluding hydrogens is 490 g/mol. The third-order valence-corrected chi connectivity index (χ3v) is 7.66. The van der Waals surface area contributed by atoms with Crippen molar-refractivity contribution in [1.29, 1.82) is 0 Å². The number of carbonyl (C=O) groups excluding carboxylic acids is 1. The first-order valence-electron chi connectivity index (χ1n) is 12.3. The Morgan fingerprint density at radius 3 is 2.30 bits per heavy atom. The van der Waals surface area contributed by atoms with Crippen LogP contribution < -0.4 is 34.3 Å². The molecule has 0 bridgehead atoms. The average molecular weight is 524 g/mol. The number of aromatic nitrogens is 1. The molecule has 8 nitrogen and oxygen atoms in total. The second-order valence-corrected chi connectivity index (χ2v) is 9.62. The van der Waals surface area contributed by atoms with Gasteiger partial charge in [0.1, 0.15) is 4.66 Å². The van der Waals surface area contributed by atoms with Crippen molar-refractivity contribution >= 4 is 34.6 Å². The maximum absolute atomic E-state index is 13.7. The lowest BCUT2D eigenvalue weighted by Gasteiger charge is -2.17. The molecule has 1 amide bonds. The van der Waals surface area contributed by atoms with Gasteiger partial charge in [-0.25, -0.2) is 0 Å². The van der Waals surface area contributed by atoms with E-state index in [0.717, 1.165) is 42.9 Å². The number of anilines is 1. The number of carbonyl (C=O) groups is 1. The molecule has 2 heterocycles. The second-order valence-electron chi connectivity index (χ2n) is 8.59. The van der Waals surface area contributed by atoms with Gasteiger partial charge in [0, 0.05) is 17.8 Å². The van der Waals surface area contributed by atoms with Crippen LogP contribution in [0.3, 0.4) is 0 Å². The zero-order valence-corrected chi connectivity index (χ0v) is 22.7. The number of rotatable bonds is 10. The molecule has 3 aromatic rings. The van der Waals surface area contributed by atoms with Crippen molar-refractivity contribution in [1.82, 2.24) is 9.47 Å². The first-order chi connectivity index (χ1) is 17.9. The van der Waals surface area contributed by atoms with E-state index in [0.29, 0.717) is 38.6 Å². The summed E-state index contributed by atoms with van der Waals surface area (Å²) in [5, 5.41) is 2.94. The molecule has 0 fully saturated rings. The monoisotopic (exact) mass is 523 g/mol. The van der Waals surface area contributed by atoms with Gasteiger partial charge in [-0.3, -0.25) is 14.2 Å². The van der Waals surface area contributed by atoms with E-state index in [2.05, 4.69) is 24.1 Å². The van der Waals surface area contributed by atoms with Gasteiger partial charge in [-0.2, -0.15) is 0 Å². The zero-order chi connectivity index (χ0) is 26.5. The number of nitrogens with one attached hydrogen (secondary N) is 1. The van der Waals surface area contributed by atoms with Crippen LogP contribution in [0.1, 0.15) is 31.4 Å². The highest BCUT2D eigenvalue weighted by Gasteiger charge is 2.26. The van der Waals surface area contributed by atoms with Crippen LogP contribution in [0.4, 0.5) is 5.69 Å². The van der Waals surface area contributed by atoms with Crippen LogP contribution in [-0.4, -0.2) is 56.3 Å². The normalized spacial score (nSPS) is 14.6. The Hall–Kier alpha value is -3.56. The minimum absolute atomic E-state index is 0.127. The topological polar surface area (TPSA) is 82.0 Å². The number of amides is 1. The lowest BCUT2D eigenvalue weighted by atomic mass is 10.1. The van der Waals surface area contributed by atoms with Crippen LogP contribution in [0.25, 0.3) is 11.6 Å². The van der Waals surface area contributed by atoms with Crippen molar-refractivity contribution < 1.29 is 19.0 Å². The molecule has 0 aliphatic carbocycles. The van der Waals surface area contributed by atoms with Crippen LogP contribution in [0.5, 0.6) is 17.2 Å². The molecule has 0 saturated heterocycles. The van der Waals surface area contributed by atoms with Crippen LogP contribution in [0.15, 0.2) is 41.2 Å². The maximum atomic E-state index is 13.7. The molecule has 2 aromatic carbocycles. The van der Waals surface area contributed by atoms with Crippen molar-refractivity contribution in [2.45, 2.75) is 26.8 Å². The van der Waals surface area contributed by atoms with E-state index in [1.54, 1.807) is 44.1 Å². The summed E-state index contributed by atoms with van der Waals surface area (Å²) in [7, 11) is 4.66. The number of benzene rings is 2. The van der Waals surface area contributed by atoms with Crippen LogP contribution in [0.2, 0.25) is 0 Å². The first kappa shape index (κ1) is 26.5. The SMILES string of the molecule is CCN(CC)CCCn1c(=O)c(=Cc2cc(OC)c(OC)c(OC)c2)s/c1=C1\C(=O)Nc2ccccc21. The number of ether oxygens (including phenoxy) is 3. The Kier molecular flexibility index (Phi) is 8.35. The second kappa shape index (κ2) is 11.7. The molecule has 0 spiro atoms. The predicted octanol–water partition coefficient (Wildman–Crippen LogP) is 2.65. The number of hydrogen-bond donors (Lipinski definition) is 1. The summed E-state index contributed by atoms with van der Waals surface area (Å²) in [5.41, 5.74) is 2.71. The smallest absolute Gasteiger partial charge is 0.269 e. The summed E-state index contributed by atoms with van der Waals surface area (Å²) in [6.45, 7) is 7.56. The van der Waals surface area contributed by atoms with Crippen LogP contribution in [-0.2, 0) is 11.3 Å². The van der Waals surface area contributed by atoms with E-state index < -0.39 is 0 Å². The molecule has 4 rings (SSSR count). The summed E-state index contributed by atoms with van der Waals surface area (Å²) in [6.07, 6.45) is 2.60. The van der Waals surface area contributed by atoms with Crippen LogP contribution in [0, 0.1) is 0 Å². The molecule has 0 radical (unpaired) electrons. The van der Waals surface area contributed by atoms with Gasteiger partial charge in [0.2, 0.25) is 5.75 Å². The van der Waals surface area contributed by atoms with E-state index in [9.17, 15) is 9.59 Å². The largest absolute Gasteiger partial charge is 0.493 e. The van der Waals surface area contributed by atoms with E-state index in [1.807, 2.05) is 24.3 Å². The molecule has 0 saturated carbocycles. The van der Waals surface area contributed by atoms with Crippen molar-refractivity contribution in [2.24, 2.45) is 0 Å². The summed E-state index contributed by atoms with van der Waals surface area (Å²) < 4.78 is 19.3. The molecule has 0 unspecified atom stereocenters. The molecule has 1 aliphatic heterocycles. The third kappa shape index (κ3) is 5.28. The Labute approximate surface area is 220 Å². The summed E-state index contributed by atoms with van der Waals surface area (Å²) in [5.74, 6) is 1.29. The van der Waals surface area contributed by atoms with E-state index >= 15 is 0 Å². The number of thiazole rings is 1. The summed E-state index contributed by atoms with van der Waals surface area (Å²) in [4.78, 5) is 29.1. The Morgan fingerprint density at radius 2 is 1.68 bits per heavy atom. The lowest BCUT2D eigenvalue weighted by molar-refractivity contribution is -0.110. The number of hydrogen-bond acceptors (Lipinski definition) is 7. The Bertz CT molecular complexity index is 1440. The van der Waals surface area contributed by atoms with Crippen LogP contribution >= 0.6 is 11.3 Å². The standard InChI is InChI=1S/C28H33N3O5S/c1-6-30(7-2)13-10-14-31-27(33)23(17-18-15-21(34-3)25(36-5)22(16-18)35-4)37-28(31)24-19-11-8-9-12-20(19)29-26(24)32/h8-9,11-12,15-17H,6-7,10,13-14H2,1-5H3,(H,29,32)/b23-17?,28-24-. The molecule has 1 aliphatic rings. The van der Waals surface area contributed by atoms with Gasteiger partial charge in [-0.1, -0.05) is 32.0 Å². The Morgan fingerprint density at radius 1 is 1.00 bits per heavy atom. The van der Waals surface area contributed by atoms with E-state index in [-0.39, 0.29) is 11.5 Å². The number of methoxy groups -OCH3 is 3. The Balaban J connectivity index is 1.90. The van der Waals surface area contributed by atoms with Gasteiger partial charge in [0.05, 0.1) is 31.4 Å². The molecule has 1 N–H and O–H groups in total. The molecule has 37 heavy (non-hydrogen) atoms. The highest BCUT2D eigenvalue weighted by Crippen LogP contribution is 2.38. The molecule has 1 aromatic heterocycles. The minimum Gasteiger partial charge on any atom is -0.493 e. The van der Waals surface area contributed by atoms with Gasteiger partial charge in [0.25, 0.3) is 11.5 Å². The van der Waals surface area contributed by atoms with Crippen molar-refractivity contribution in [2.75, 3.05) is 46.3 Å². The minimum atomic E-state index is -0.195. The van der Waals surface area contributed by atoms with Gasteiger partial charge >= 0.3 is 0 Å². The van der Waals surface area contributed by atoms with E-state index in [4.69, 9.17) is 14.2 Å². The van der Waals surface area contributed by atoms with Gasteiger partial charge < -0.3 is 24.4 Å². The van der Waals surface area contributed by atoms with Gasteiger partial charge in [-0.05, 0) is 55.9 Å².